The molecule has 2 unspecified atom stereocenters. The lowest BCUT2D eigenvalue weighted by atomic mass is 10.0. The summed E-state index contributed by atoms with van der Waals surface area (Å²) in [5.41, 5.74) is 0. The average Bonchev–Trinajstić information content (AvgIpc) is 0.908. The fourth-order valence-electron chi connectivity index (χ4n) is 13.5. The smallest absolute Gasteiger partial charge is 0.462 e. The Morgan fingerprint density at radius 1 is 0.229 bits per heavy atom. The highest BCUT2D eigenvalue weighted by Gasteiger charge is 2.30. The van der Waals surface area contributed by atoms with Gasteiger partial charge in [-0.25, -0.2) is 9.13 Å². The molecule has 19 heteroatoms. The number of phosphoric acid groups is 2. The molecule has 5 atom stereocenters. The molecule has 624 valence electrons. The van der Waals surface area contributed by atoms with Crippen molar-refractivity contribution in [2.75, 3.05) is 39.6 Å². The summed E-state index contributed by atoms with van der Waals surface area (Å²) >= 11 is 0. The second kappa shape index (κ2) is 80.1. The number of esters is 4. The number of carbonyl (C=O) groups excluding carboxylic acids is 4. The van der Waals surface area contributed by atoms with E-state index in [0.29, 0.717) is 25.7 Å². The molecule has 0 fully saturated rings. The number of aliphatic hydroxyl groups is 1. The van der Waals surface area contributed by atoms with E-state index >= 15 is 0 Å². The maximum atomic E-state index is 13.1. The molecule has 0 spiro atoms. The number of hydrogen-bond acceptors (Lipinski definition) is 15. The van der Waals surface area contributed by atoms with Crippen molar-refractivity contribution in [1.29, 1.82) is 0 Å². The molecule has 0 aliphatic carbocycles. The van der Waals surface area contributed by atoms with E-state index in [9.17, 15) is 43.2 Å². The second-order valence-corrected chi connectivity index (χ2v) is 33.8. The SMILES string of the molecule is CCCCCCCCCCCCCCCCCCCCCCCC(=O)O[C@H](COC(=O)CCCCCCCCCCCCCCCCCCCCC)COP(=O)(O)OC[C@@H](O)COP(=O)(O)OC[C@@H](COC(=O)CCCCCCCCCCCCCC)OC(=O)CCCCCCCCCCCCCCC. The Morgan fingerprint density at radius 2 is 0.381 bits per heavy atom. The lowest BCUT2D eigenvalue weighted by Gasteiger charge is -2.21. The largest absolute Gasteiger partial charge is 0.472 e. The average molecular weight is 1540 g/mol. The lowest BCUT2D eigenvalue weighted by molar-refractivity contribution is -0.161. The Kier molecular flexibility index (Phi) is 78.6. The molecule has 105 heavy (non-hydrogen) atoms. The van der Waals surface area contributed by atoms with Crippen LogP contribution in [-0.4, -0.2) is 96.7 Å². The minimum atomic E-state index is -4.96. The number of phosphoric ester groups is 2. The monoisotopic (exact) mass is 1540 g/mol. The number of ether oxygens (including phenoxy) is 4. The molecular weight excluding hydrogens is 1370 g/mol. The predicted octanol–water partition coefficient (Wildman–Crippen LogP) is 26.5. The highest BCUT2D eigenvalue weighted by Crippen LogP contribution is 2.45. The van der Waals surface area contributed by atoms with Gasteiger partial charge < -0.3 is 33.8 Å². The molecule has 0 radical (unpaired) electrons. The Morgan fingerprint density at radius 3 is 0.562 bits per heavy atom. The standard InChI is InChI=1S/C86H168O17P2/c1-5-9-13-17-21-25-29-33-35-37-39-40-42-44-46-49-53-57-61-65-69-73-86(91)103-82(77-97-84(89)71-67-63-59-55-51-48-45-43-41-38-36-34-30-26-22-18-14-10-6-2)79-101-105(94,95)99-75-80(87)74-98-104(92,93)100-78-81(76-96-83(88)70-66-62-58-54-50-32-28-24-20-16-12-8-4)102-85(90)72-68-64-60-56-52-47-31-27-23-19-15-11-7-3/h80-82,87H,5-79H2,1-4H3,(H,92,93)(H,94,95)/t80-,81+,82+/m0/s1. The second-order valence-electron chi connectivity index (χ2n) is 30.9. The zero-order valence-electron chi connectivity index (χ0n) is 68.7. The van der Waals surface area contributed by atoms with Crippen LogP contribution in [0.3, 0.4) is 0 Å². The van der Waals surface area contributed by atoms with Crippen molar-refractivity contribution in [3.05, 3.63) is 0 Å². The van der Waals surface area contributed by atoms with Gasteiger partial charge >= 0.3 is 39.5 Å². The fraction of sp³-hybridized carbons (Fsp3) is 0.953. The molecule has 0 bridgehead atoms. The summed E-state index contributed by atoms with van der Waals surface area (Å²) in [6, 6.07) is 0. The molecule has 3 N–H and O–H groups in total. The van der Waals surface area contributed by atoms with Crippen LogP contribution in [0.2, 0.25) is 0 Å². The highest BCUT2D eigenvalue weighted by molar-refractivity contribution is 7.47. The van der Waals surface area contributed by atoms with Crippen LogP contribution in [0.5, 0.6) is 0 Å². The van der Waals surface area contributed by atoms with Crippen LogP contribution in [0, 0.1) is 0 Å². The van der Waals surface area contributed by atoms with Crippen molar-refractivity contribution >= 4 is 39.5 Å². The van der Waals surface area contributed by atoms with Gasteiger partial charge in [-0.3, -0.25) is 37.3 Å². The van der Waals surface area contributed by atoms with Crippen LogP contribution >= 0.6 is 15.6 Å². The number of unbranched alkanes of at least 4 members (excludes halogenated alkanes) is 61. The van der Waals surface area contributed by atoms with E-state index in [1.165, 1.54) is 302 Å². The summed E-state index contributed by atoms with van der Waals surface area (Å²) in [5, 5.41) is 10.7. The fourth-order valence-corrected chi connectivity index (χ4v) is 15.1. The van der Waals surface area contributed by atoms with Gasteiger partial charge in [0.05, 0.1) is 26.4 Å². The van der Waals surface area contributed by atoms with Gasteiger partial charge in [0.25, 0.3) is 0 Å². The van der Waals surface area contributed by atoms with Crippen molar-refractivity contribution in [2.24, 2.45) is 0 Å². The number of hydrogen-bond donors (Lipinski definition) is 3. The summed E-state index contributed by atoms with van der Waals surface area (Å²) in [4.78, 5) is 73.2. The Bertz CT molecular complexity index is 1980. The normalized spacial score (nSPS) is 13.7. The van der Waals surface area contributed by atoms with E-state index in [2.05, 4.69) is 27.7 Å². The summed E-state index contributed by atoms with van der Waals surface area (Å²) in [6.07, 6.45) is 75.0. The molecule has 0 aliphatic heterocycles. The number of rotatable bonds is 87. The van der Waals surface area contributed by atoms with Crippen LogP contribution in [0.15, 0.2) is 0 Å². The van der Waals surface area contributed by atoms with E-state index in [-0.39, 0.29) is 25.7 Å². The van der Waals surface area contributed by atoms with Gasteiger partial charge in [0.2, 0.25) is 0 Å². The third-order valence-electron chi connectivity index (χ3n) is 20.4. The minimum Gasteiger partial charge on any atom is -0.462 e. The number of aliphatic hydroxyl groups excluding tert-OH is 1. The first-order valence-corrected chi connectivity index (χ1v) is 47.8. The Balaban J connectivity index is 5.23. The van der Waals surface area contributed by atoms with E-state index in [1.807, 2.05) is 0 Å². The van der Waals surface area contributed by atoms with Crippen molar-refractivity contribution in [2.45, 2.75) is 489 Å². The Hall–Kier alpha value is -1.94. The van der Waals surface area contributed by atoms with E-state index in [1.54, 1.807) is 0 Å². The molecular formula is C86H168O17P2. The molecule has 0 heterocycles. The topological polar surface area (TPSA) is 237 Å². The van der Waals surface area contributed by atoms with Gasteiger partial charge in [-0.15, -0.1) is 0 Å². The van der Waals surface area contributed by atoms with Gasteiger partial charge in [-0.05, 0) is 25.7 Å². The van der Waals surface area contributed by atoms with E-state index < -0.39 is 97.5 Å². The molecule has 0 saturated heterocycles. The first kappa shape index (κ1) is 103. The highest BCUT2D eigenvalue weighted by atomic mass is 31.2. The van der Waals surface area contributed by atoms with E-state index in [0.717, 1.165) is 89.9 Å². The van der Waals surface area contributed by atoms with Crippen molar-refractivity contribution < 1.29 is 80.2 Å². The molecule has 0 amide bonds. The van der Waals surface area contributed by atoms with Gasteiger partial charge in [-0.2, -0.15) is 0 Å². The van der Waals surface area contributed by atoms with Gasteiger partial charge in [0.1, 0.15) is 19.3 Å². The summed E-state index contributed by atoms with van der Waals surface area (Å²) in [7, 11) is -9.92. The van der Waals surface area contributed by atoms with Gasteiger partial charge in [0.15, 0.2) is 12.2 Å². The summed E-state index contributed by atoms with van der Waals surface area (Å²) in [5.74, 6) is -2.10. The molecule has 0 aliphatic rings. The number of carbonyl (C=O) groups is 4. The molecule has 0 rings (SSSR count). The first-order valence-electron chi connectivity index (χ1n) is 44.8. The maximum Gasteiger partial charge on any atom is 0.472 e. The van der Waals surface area contributed by atoms with Crippen LogP contribution < -0.4 is 0 Å². The molecule has 0 aromatic rings. The van der Waals surface area contributed by atoms with Crippen molar-refractivity contribution in [1.82, 2.24) is 0 Å². The minimum absolute atomic E-state index is 0.109. The van der Waals surface area contributed by atoms with Crippen LogP contribution in [0.4, 0.5) is 0 Å². The third kappa shape index (κ3) is 79.9. The summed E-state index contributed by atoms with van der Waals surface area (Å²) in [6.45, 7) is 5.06. The molecule has 0 aromatic carbocycles. The first-order chi connectivity index (χ1) is 51.2. The van der Waals surface area contributed by atoms with Gasteiger partial charge in [-0.1, -0.05) is 419 Å². The van der Waals surface area contributed by atoms with Gasteiger partial charge in [0, 0.05) is 25.7 Å². The van der Waals surface area contributed by atoms with Crippen molar-refractivity contribution in [3.63, 3.8) is 0 Å². The predicted molar refractivity (Wildman–Crippen MR) is 432 cm³/mol. The molecule has 0 saturated carbocycles. The maximum absolute atomic E-state index is 13.1. The Labute approximate surface area is 645 Å². The third-order valence-corrected chi connectivity index (χ3v) is 22.3. The molecule has 17 nitrogen and oxygen atoms in total. The van der Waals surface area contributed by atoms with Crippen LogP contribution in [0.25, 0.3) is 0 Å². The van der Waals surface area contributed by atoms with E-state index in [4.69, 9.17) is 37.0 Å². The molecule has 0 aromatic heterocycles. The van der Waals surface area contributed by atoms with Crippen LogP contribution in [0.1, 0.15) is 471 Å². The van der Waals surface area contributed by atoms with Crippen LogP contribution in [-0.2, 0) is 65.4 Å². The zero-order valence-corrected chi connectivity index (χ0v) is 70.5. The van der Waals surface area contributed by atoms with Crippen molar-refractivity contribution in [3.8, 4) is 0 Å². The lowest BCUT2D eigenvalue weighted by Crippen LogP contribution is -2.30. The quantitative estimate of drug-likeness (QED) is 0.0222. The summed E-state index contributed by atoms with van der Waals surface area (Å²) < 4.78 is 68.9. The zero-order chi connectivity index (χ0) is 76.7.